The molecule has 6 saturated carbocycles. The average Bonchev–Trinajstić information content (AvgIpc) is 0.786. The fourth-order valence-electron chi connectivity index (χ4n) is 20.1. The SMILES string of the molecule is C=CC1CCC(C2CCC(c3ccc(OCC)c(F)c3F)CC2)CC1.C=CC1CCC(c2ccc(-c3ccc(OCCCC)c(F)c3F)cc2)CC1.C=CCCc1ccc(-c2ccc(-c3ccc(CC)cc3)c(F)c2F)c(F)c1.CC=CC1CCC(C2CCC(c3ccc(OCCCC)c(F)c3F)CC2)CC1.CC=CC1CCC(c2ccc(OCC)c(F)c2F)CC1. The number of unbranched alkanes of at least 4 members (excludes halogenated alkanes) is 2. The molecule has 127 heavy (non-hydrogen) atoms. The second-order valence-electron chi connectivity index (χ2n) is 35.8. The normalized spacial score (nSPS) is 22.3. The van der Waals surface area contributed by atoms with Crippen LogP contribution in [0.5, 0.6) is 23.0 Å². The van der Waals surface area contributed by atoms with Gasteiger partial charge < -0.3 is 18.9 Å². The number of halogens is 11. The number of ether oxygens (including phenoxy) is 4. The van der Waals surface area contributed by atoms with Gasteiger partial charge in [0.1, 0.15) is 5.82 Å². The smallest absolute Gasteiger partial charge is 0.201 e. The molecule has 6 aliphatic carbocycles. The van der Waals surface area contributed by atoms with Crippen LogP contribution >= 0.6 is 0 Å². The zero-order valence-corrected chi connectivity index (χ0v) is 76.3. The Morgan fingerprint density at radius 2 is 0.638 bits per heavy atom. The van der Waals surface area contributed by atoms with Crippen LogP contribution in [0.2, 0.25) is 0 Å². The van der Waals surface area contributed by atoms with Gasteiger partial charge in [-0.05, 0) is 366 Å². The maximum atomic E-state index is 14.7. The molecular formula is C112H137F11O4. The lowest BCUT2D eigenvalue weighted by molar-refractivity contribution is 0.170. The van der Waals surface area contributed by atoms with Gasteiger partial charge in [0.25, 0.3) is 0 Å². The van der Waals surface area contributed by atoms with Gasteiger partial charge in [-0.15, -0.1) is 19.7 Å². The maximum absolute atomic E-state index is 14.7. The van der Waals surface area contributed by atoms with Crippen molar-refractivity contribution in [3.05, 3.63) is 287 Å². The summed E-state index contributed by atoms with van der Waals surface area (Å²) in [6.45, 7) is 26.7. The lowest BCUT2D eigenvalue weighted by atomic mass is 9.68. The summed E-state index contributed by atoms with van der Waals surface area (Å²) in [6, 6.07) is 35.8. The van der Waals surface area contributed by atoms with Gasteiger partial charge in [0.2, 0.25) is 23.3 Å². The summed E-state index contributed by atoms with van der Waals surface area (Å²) in [5, 5.41) is 0. The number of rotatable bonds is 29. The van der Waals surface area contributed by atoms with Gasteiger partial charge in [0.15, 0.2) is 57.9 Å². The largest absolute Gasteiger partial charge is 0.491 e. The average molecular weight is 1760 g/mol. The van der Waals surface area contributed by atoms with Crippen LogP contribution in [0.15, 0.2) is 190 Å². The van der Waals surface area contributed by atoms with Gasteiger partial charge in [-0.2, -0.15) is 17.6 Å². The van der Waals surface area contributed by atoms with Crippen LogP contribution in [-0.4, -0.2) is 26.4 Å². The van der Waals surface area contributed by atoms with Crippen molar-refractivity contribution < 1.29 is 67.2 Å². The number of benzene rings is 8. The summed E-state index contributed by atoms with van der Waals surface area (Å²) in [4.78, 5) is 0. The van der Waals surface area contributed by atoms with Crippen LogP contribution in [0, 0.1) is 111 Å². The molecule has 4 nitrogen and oxygen atoms in total. The summed E-state index contributed by atoms with van der Waals surface area (Å²) >= 11 is 0. The van der Waals surface area contributed by atoms with Gasteiger partial charge in [0, 0.05) is 22.3 Å². The van der Waals surface area contributed by atoms with E-state index in [9.17, 15) is 48.3 Å². The van der Waals surface area contributed by atoms with Crippen LogP contribution < -0.4 is 18.9 Å². The minimum Gasteiger partial charge on any atom is -0.491 e. The lowest BCUT2D eigenvalue weighted by Crippen LogP contribution is -2.25. The zero-order chi connectivity index (χ0) is 90.9. The molecule has 8 aromatic carbocycles. The summed E-state index contributed by atoms with van der Waals surface area (Å²) in [5.41, 5.74) is 6.50. The summed E-state index contributed by atoms with van der Waals surface area (Å²) < 4.78 is 179. The minimum absolute atomic E-state index is 0.0105. The van der Waals surface area contributed by atoms with E-state index in [1.807, 2.05) is 52.0 Å². The molecule has 0 heterocycles. The number of hydrogen-bond acceptors (Lipinski definition) is 4. The Kier molecular flexibility index (Phi) is 40.4. The fourth-order valence-corrected chi connectivity index (χ4v) is 20.1. The van der Waals surface area contributed by atoms with Crippen LogP contribution in [0.1, 0.15) is 292 Å². The molecule has 0 N–H and O–H groups in total. The molecule has 0 radical (unpaired) electrons. The monoisotopic (exact) mass is 1760 g/mol. The number of aryl methyl sites for hydroxylation is 2. The Balaban J connectivity index is 0.000000166. The Labute approximate surface area is 751 Å². The third kappa shape index (κ3) is 27.5. The Morgan fingerprint density at radius 1 is 0.315 bits per heavy atom. The molecule has 0 bridgehead atoms. The highest BCUT2D eigenvalue weighted by atomic mass is 19.2. The van der Waals surface area contributed by atoms with Crippen molar-refractivity contribution in [2.45, 2.75) is 271 Å². The first-order valence-electron chi connectivity index (χ1n) is 47.6. The first-order valence-corrected chi connectivity index (χ1v) is 47.6. The Hall–Kier alpha value is -9.11. The molecule has 0 amide bonds. The molecule has 0 aliphatic heterocycles. The zero-order valence-electron chi connectivity index (χ0n) is 76.3. The van der Waals surface area contributed by atoms with Gasteiger partial charge >= 0.3 is 0 Å². The number of hydrogen-bond donors (Lipinski definition) is 0. The molecule has 0 saturated heterocycles. The van der Waals surface area contributed by atoms with E-state index in [-0.39, 0.29) is 63.0 Å². The van der Waals surface area contributed by atoms with Gasteiger partial charge in [-0.25, -0.2) is 30.7 Å². The van der Waals surface area contributed by atoms with Crippen LogP contribution in [-0.2, 0) is 12.8 Å². The molecule has 0 atom stereocenters. The first kappa shape index (κ1) is 100. The summed E-state index contributed by atoms with van der Waals surface area (Å²) in [7, 11) is 0. The van der Waals surface area contributed by atoms with E-state index in [0.717, 1.165) is 169 Å². The predicted molar refractivity (Wildman–Crippen MR) is 499 cm³/mol. The van der Waals surface area contributed by atoms with Crippen molar-refractivity contribution in [2.24, 2.45) is 47.3 Å². The van der Waals surface area contributed by atoms with E-state index in [2.05, 4.69) is 75.2 Å². The van der Waals surface area contributed by atoms with E-state index < -0.39 is 64.0 Å². The molecule has 686 valence electrons. The van der Waals surface area contributed by atoms with E-state index in [4.69, 9.17) is 18.9 Å². The molecule has 15 heteroatoms. The van der Waals surface area contributed by atoms with E-state index in [1.165, 1.54) is 100 Å². The van der Waals surface area contributed by atoms with Gasteiger partial charge in [-0.3, -0.25) is 0 Å². The maximum Gasteiger partial charge on any atom is 0.201 e. The van der Waals surface area contributed by atoms with Crippen LogP contribution in [0.25, 0.3) is 33.4 Å². The quantitative estimate of drug-likeness (QED) is 0.0266. The van der Waals surface area contributed by atoms with E-state index in [1.54, 1.807) is 80.6 Å². The molecule has 14 rings (SSSR count). The van der Waals surface area contributed by atoms with Crippen molar-refractivity contribution in [1.29, 1.82) is 0 Å². The molecular weight excluding hydrogens is 1620 g/mol. The van der Waals surface area contributed by atoms with Gasteiger partial charge in [0.05, 0.1) is 26.4 Å². The summed E-state index contributed by atoms with van der Waals surface area (Å²) in [6.07, 6.45) is 48.1. The standard InChI is InChI=1S/C25H36F2O.C24H21F3.C24H28F2O.C22H30F2O.C17H22F2O/c1-3-5-17-28-23-16-15-22(24(26)25(23)27)21-13-11-20(12-14-21)19-9-7-18(6-4-2)8-10-19;1-3-5-6-17-9-12-20(22(25)15-17)21-14-13-19(23(26)24(21)27)18-10-7-16(4-2)8-11-18;1-3-5-16-27-22-15-14-21(23(25)24(22)26)20-12-10-19(11-13-20)18-8-6-17(4-2)7-9-18;1-3-15-5-7-16(8-6-15)17-9-11-18(12-10-17)19-13-14-20(25-4-2)22(24)21(19)23;1-3-5-12-6-8-13(9-7-12)14-10-11-15(20-4-2)17(19)16(14)18/h4,6,15-16,18-21H,3,5,7-14,17H2,1-2H3;3,7-15H,1,4-6H2,2H3;4,10-15,17-18H,2-3,5-9,16H2,1H3;3,13-18H,1,4-12H2,2H3;3,5,10-13H,4,6-9H2,1-2H3. The first-order chi connectivity index (χ1) is 61.6. The Bertz CT molecular complexity index is 4790. The Morgan fingerprint density at radius 3 is 1.03 bits per heavy atom. The van der Waals surface area contributed by atoms with E-state index in [0.29, 0.717) is 84.3 Å². The topological polar surface area (TPSA) is 36.9 Å². The predicted octanol–water partition coefficient (Wildman–Crippen LogP) is 34.0. The third-order valence-electron chi connectivity index (χ3n) is 27.8. The molecule has 0 spiro atoms. The second kappa shape index (κ2) is 51.3. The van der Waals surface area contributed by atoms with Crippen molar-refractivity contribution in [2.75, 3.05) is 26.4 Å². The highest BCUT2D eigenvalue weighted by molar-refractivity contribution is 5.73. The van der Waals surface area contributed by atoms with Crippen molar-refractivity contribution in [3.63, 3.8) is 0 Å². The lowest BCUT2D eigenvalue weighted by Gasteiger charge is -2.37. The number of allylic oxidation sites excluding steroid dienone is 7. The van der Waals surface area contributed by atoms with E-state index >= 15 is 0 Å². The fraction of sp³-hybridized carbons (Fsp3) is 0.482. The van der Waals surface area contributed by atoms with Crippen molar-refractivity contribution in [1.82, 2.24) is 0 Å². The molecule has 0 aromatic heterocycles. The molecule has 6 aliphatic rings. The molecule has 8 aromatic rings. The van der Waals surface area contributed by atoms with Crippen LogP contribution in [0.3, 0.4) is 0 Å². The third-order valence-corrected chi connectivity index (χ3v) is 27.8. The van der Waals surface area contributed by atoms with Crippen LogP contribution in [0.4, 0.5) is 48.3 Å². The summed E-state index contributed by atoms with van der Waals surface area (Å²) in [5.74, 6) is -2.00. The van der Waals surface area contributed by atoms with Crippen molar-refractivity contribution >= 4 is 0 Å². The highest BCUT2D eigenvalue weighted by Crippen LogP contribution is 2.49. The van der Waals surface area contributed by atoms with Crippen molar-refractivity contribution in [3.8, 4) is 56.4 Å². The van der Waals surface area contributed by atoms with Gasteiger partial charge in [-0.1, -0.05) is 167 Å². The molecule has 6 fully saturated rings. The molecule has 0 unspecified atom stereocenters. The second-order valence-corrected chi connectivity index (χ2v) is 35.8. The minimum atomic E-state index is -1.04. The highest BCUT2D eigenvalue weighted by Gasteiger charge is 2.36.